The first-order chi connectivity index (χ1) is 10.4. The standard InChI is InChI=1S/C14H22F3NO5/c1-12(2,3)23-11(20)18-7-5-6-13(18,10(19)21-4)8-22-9-14(15,16)17/h5-9H2,1-4H3. The molecule has 0 spiro atoms. The monoisotopic (exact) mass is 341 g/mol. The molecule has 0 aromatic heterocycles. The summed E-state index contributed by atoms with van der Waals surface area (Å²) in [7, 11) is 1.11. The van der Waals surface area contributed by atoms with E-state index in [1.54, 1.807) is 20.8 Å². The highest BCUT2D eigenvalue weighted by atomic mass is 19.4. The average molecular weight is 341 g/mol. The zero-order chi connectivity index (χ0) is 17.9. The fraction of sp³-hybridized carbons (Fsp3) is 0.857. The van der Waals surface area contributed by atoms with Gasteiger partial charge in [-0.05, 0) is 33.6 Å². The Morgan fingerprint density at radius 2 is 1.83 bits per heavy atom. The highest BCUT2D eigenvalue weighted by Gasteiger charge is 2.52. The quantitative estimate of drug-likeness (QED) is 0.735. The number of hydrogen-bond acceptors (Lipinski definition) is 5. The highest BCUT2D eigenvalue weighted by molar-refractivity contribution is 5.86. The number of likely N-dealkylation sites (tertiary alicyclic amines) is 1. The third kappa shape index (κ3) is 5.26. The summed E-state index contributed by atoms with van der Waals surface area (Å²) in [4.78, 5) is 25.5. The van der Waals surface area contributed by atoms with E-state index in [9.17, 15) is 22.8 Å². The van der Waals surface area contributed by atoms with E-state index in [4.69, 9.17) is 4.74 Å². The number of ether oxygens (including phenoxy) is 3. The summed E-state index contributed by atoms with van der Waals surface area (Å²) >= 11 is 0. The summed E-state index contributed by atoms with van der Waals surface area (Å²) in [5.74, 6) is -0.817. The molecule has 0 aromatic rings. The normalized spacial score (nSPS) is 22.1. The van der Waals surface area contributed by atoms with Crippen LogP contribution in [-0.2, 0) is 19.0 Å². The van der Waals surface area contributed by atoms with Crippen LogP contribution < -0.4 is 0 Å². The molecule has 0 N–H and O–H groups in total. The lowest BCUT2D eigenvalue weighted by Crippen LogP contribution is -2.57. The summed E-state index contributed by atoms with van der Waals surface area (Å²) in [6, 6.07) is 0. The first kappa shape index (κ1) is 19.5. The number of methoxy groups -OCH3 is 1. The van der Waals surface area contributed by atoms with E-state index in [-0.39, 0.29) is 13.0 Å². The second-order valence-electron chi connectivity index (χ2n) is 6.37. The van der Waals surface area contributed by atoms with Gasteiger partial charge in [0.25, 0.3) is 0 Å². The number of carbonyl (C=O) groups is 2. The van der Waals surface area contributed by atoms with Gasteiger partial charge in [-0.15, -0.1) is 0 Å². The van der Waals surface area contributed by atoms with Gasteiger partial charge in [0.2, 0.25) is 0 Å². The van der Waals surface area contributed by atoms with Crippen LogP contribution in [0.4, 0.5) is 18.0 Å². The van der Waals surface area contributed by atoms with E-state index in [1.807, 2.05) is 0 Å². The van der Waals surface area contributed by atoms with Crippen molar-refractivity contribution in [2.45, 2.75) is 50.9 Å². The van der Waals surface area contributed by atoms with E-state index in [1.165, 1.54) is 0 Å². The van der Waals surface area contributed by atoms with E-state index in [0.717, 1.165) is 12.0 Å². The van der Waals surface area contributed by atoms with Crippen molar-refractivity contribution in [3.63, 3.8) is 0 Å². The van der Waals surface area contributed by atoms with Crippen molar-refractivity contribution in [3.8, 4) is 0 Å². The molecule has 6 nitrogen and oxygen atoms in total. The van der Waals surface area contributed by atoms with Gasteiger partial charge in [0.1, 0.15) is 12.2 Å². The van der Waals surface area contributed by atoms with E-state index in [2.05, 4.69) is 9.47 Å². The molecule has 0 saturated carbocycles. The predicted octanol–water partition coefficient (Wildman–Crippen LogP) is 2.51. The third-order valence-electron chi connectivity index (χ3n) is 3.27. The van der Waals surface area contributed by atoms with Crippen molar-refractivity contribution in [2.24, 2.45) is 0 Å². The molecule has 0 radical (unpaired) electrons. The van der Waals surface area contributed by atoms with Crippen molar-refractivity contribution in [2.75, 3.05) is 26.9 Å². The van der Waals surface area contributed by atoms with Gasteiger partial charge in [-0.3, -0.25) is 4.90 Å². The summed E-state index contributed by atoms with van der Waals surface area (Å²) in [5, 5.41) is 0. The van der Waals surface area contributed by atoms with Crippen molar-refractivity contribution < 1.29 is 37.0 Å². The molecule has 1 atom stereocenters. The lowest BCUT2D eigenvalue weighted by atomic mass is 9.97. The Labute approximate surface area is 132 Å². The van der Waals surface area contributed by atoms with Crippen LogP contribution in [0.2, 0.25) is 0 Å². The Bertz CT molecular complexity index is 447. The Morgan fingerprint density at radius 3 is 2.30 bits per heavy atom. The first-order valence-electron chi connectivity index (χ1n) is 7.15. The maximum atomic E-state index is 12.3. The Balaban J connectivity index is 2.94. The van der Waals surface area contributed by atoms with Gasteiger partial charge in [-0.2, -0.15) is 13.2 Å². The molecule has 1 saturated heterocycles. The number of amides is 1. The summed E-state index contributed by atoms with van der Waals surface area (Å²) in [5.41, 5.74) is -2.39. The van der Waals surface area contributed by atoms with Crippen LogP contribution in [0.3, 0.4) is 0 Å². The lowest BCUT2D eigenvalue weighted by Gasteiger charge is -2.36. The van der Waals surface area contributed by atoms with Crippen LogP contribution in [0.1, 0.15) is 33.6 Å². The third-order valence-corrected chi connectivity index (χ3v) is 3.27. The van der Waals surface area contributed by atoms with Gasteiger partial charge in [-0.25, -0.2) is 9.59 Å². The maximum Gasteiger partial charge on any atom is 0.411 e. The molecule has 9 heteroatoms. The number of nitrogens with zero attached hydrogens (tertiary/aromatic N) is 1. The minimum Gasteiger partial charge on any atom is -0.467 e. The average Bonchev–Trinajstić information content (AvgIpc) is 2.79. The smallest absolute Gasteiger partial charge is 0.411 e. The second kappa shape index (κ2) is 6.94. The summed E-state index contributed by atoms with van der Waals surface area (Å²) in [6.45, 7) is 3.04. The maximum absolute atomic E-state index is 12.3. The summed E-state index contributed by atoms with van der Waals surface area (Å²) in [6.07, 6.45) is -4.72. The molecule has 0 aliphatic carbocycles. The number of halogens is 3. The van der Waals surface area contributed by atoms with Crippen LogP contribution in [0, 0.1) is 0 Å². The lowest BCUT2D eigenvalue weighted by molar-refractivity contribution is -0.186. The van der Waals surface area contributed by atoms with Gasteiger partial charge >= 0.3 is 18.2 Å². The largest absolute Gasteiger partial charge is 0.467 e. The van der Waals surface area contributed by atoms with E-state index in [0.29, 0.717) is 6.42 Å². The molecule has 0 aromatic carbocycles. The topological polar surface area (TPSA) is 65.1 Å². The number of alkyl halides is 3. The fourth-order valence-electron chi connectivity index (χ4n) is 2.41. The summed E-state index contributed by atoms with van der Waals surface area (Å²) < 4.78 is 51.4. The van der Waals surface area contributed by atoms with Crippen LogP contribution in [0.25, 0.3) is 0 Å². The van der Waals surface area contributed by atoms with E-state index < -0.39 is 42.6 Å². The van der Waals surface area contributed by atoms with Crippen LogP contribution in [0.15, 0.2) is 0 Å². The number of carbonyl (C=O) groups excluding carboxylic acids is 2. The van der Waals surface area contributed by atoms with E-state index >= 15 is 0 Å². The van der Waals surface area contributed by atoms with Gasteiger partial charge in [0, 0.05) is 6.54 Å². The van der Waals surface area contributed by atoms with Crippen LogP contribution in [-0.4, -0.2) is 61.1 Å². The minimum atomic E-state index is -4.52. The van der Waals surface area contributed by atoms with Crippen molar-refractivity contribution in [1.29, 1.82) is 0 Å². The molecule has 1 rings (SSSR count). The molecule has 134 valence electrons. The fourth-order valence-corrected chi connectivity index (χ4v) is 2.41. The Kier molecular flexibility index (Phi) is 5.89. The Hall–Kier alpha value is -1.51. The van der Waals surface area contributed by atoms with Gasteiger partial charge in [0.15, 0.2) is 5.54 Å². The van der Waals surface area contributed by atoms with Crippen molar-refractivity contribution in [1.82, 2.24) is 4.90 Å². The predicted molar refractivity (Wildman–Crippen MR) is 73.8 cm³/mol. The SMILES string of the molecule is COC(=O)C1(COCC(F)(F)F)CCCN1C(=O)OC(C)(C)C. The molecule has 1 heterocycles. The molecule has 1 fully saturated rings. The molecule has 23 heavy (non-hydrogen) atoms. The Morgan fingerprint density at radius 1 is 1.22 bits per heavy atom. The molecular formula is C14H22F3NO5. The minimum absolute atomic E-state index is 0.150. The van der Waals surface area contributed by atoms with Crippen molar-refractivity contribution in [3.05, 3.63) is 0 Å². The van der Waals surface area contributed by atoms with Gasteiger partial charge in [-0.1, -0.05) is 0 Å². The molecule has 0 bridgehead atoms. The number of rotatable bonds is 4. The molecule has 1 amide bonds. The second-order valence-corrected chi connectivity index (χ2v) is 6.37. The number of esters is 1. The van der Waals surface area contributed by atoms with Gasteiger partial charge < -0.3 is 14.2 Å². The van der Waals surface area contributed by atoms with Crippen molar-refractivity contribution >= 4 is 12.1 Å². The molecule has 1 aliphatic rings. The van der Waals surface area contributed by atoms with Crippen LogP contribution in [0.5, 0.6) is 0 Å². The van der Waals surface area contributed by atoms with Crippen LogP contribution >= 0.6 is 0 Å². The first-order valence-corrected chi connectivity index (χ1v) is 7.15. The molecular weight excluding hydrogens is 319 g/mol. The van der Waals surface area contributed by atoms with Gasteiger partial charge in [0.05, 0.1) is 13.7 Å². The molecule has 1 unspecified atom stereocenters. The molecule has 1 aliphatic heterocycles. The number of hydrogen-bond donors (Lipinski definition) is 0. The highest BCUT2D eigenvalue weighted by Crippen LogP contribution is 2.33. The zero-order valence-electron chi connectivity index (χ0n) is 13.7. The zero-order valence-corrected chi connectivity index (χ0v) is 13.7.